The lowest BCUT2D eigenvalue weighted by molar-refractivity contribution is -0.137. The smallest absolute Gasteiger partial charge is 0.267 e. The van der Waals surface area contributed by atoms with Gasteiger partial charge in [0, 0.05) is 11.1 Å². The average molecular weight is 384 g/mol. The van der Waals surface area contributed by atoms with Gasteiger partial charge in [0.2, 0.25) is 0 Å². The zero-order chi connectivity index (χ0) is 20.1. The summed E-state index contributed by atoms with van der Waals surface area (Å²) in [6.07, 6.45) is -4.56. The molecule has 7 heteroatoms. The summed E-state index contributed by atoms with van der Waals surface area (Å²) in [4.78, 5) is 24.6. The first-order valence-electron chi connectivity index (χ1n) is 8.28. The molecule has 0 aliphatic carbocycles. The molecule has 3 aromatic carbocycles. The van der Waals surface area contributed by atoms with Crippen LogP contribution in [0.25, 0.3) is 11.1 Å². The second-order valence-electron chi connectivity index (χ2n) is 5.90. The average Bonchev–Trinajstić information content (AvgIpc) is 2.72. The molecule has 2 amide bonds. The molecule has 0 aliphatic heterocycles. The first kappa shape index (κ1) is 19.2. The fourth-order valence-electron chi connectivity index (χ4n) is 2.64. The van der Waals surface area contributed by atoms with Crippen LogP contribution in [0.1, 0.15) is 26.3 Å². The summed E-state index contributed by atoms with van der Waals surface area (Å²) >= 11 is 0. The molecule has 0 unspecified atom stereocenters. The first-order chi connectivity index (χ1) is 13.4. The van der Waals surface area contributed by atoms with Crippen LogP contribution in [0.2, 0.25) is 0 Å². The highest BCUT2D eigenvalue weighted by atomic mass is 19.4. The first-order valence-corrected chi connectivity index (χ1v) is 8.28. The normalized spacial score (nSPS) is 11.0. The molecule has 0 radical (unpaired) electrons. The summed E-state index contributed by atoms with van der Waals surface area (Å²) in [6, 6.07) is 20.0. The van der Waals surface area contributed by atoms with E-state index in [9.17, 15) is 22.8 Å². The van der Waals surface area contributed by atoms with Crippen LogP contribution in [-0.4, -0.2) is 11.8 Å². The van der Waals surface area contributed by atoms with Crippen molar-refractivity contribution in [2.75, 3.05) is 0 Å². The number of amides is 2. The van der Waals surface area contributed by atoms with E-state index >= 15 is 0 Å². The molecule has 0 saturated carbocycles. The Kier molecular flexibility index (Phi) is 5.44. The van der Waals surface area contributed by atoms with Crippen molar-refractivity contribution in [3.05, 3.63) is 95.6 Å². The van der Waals surface area contributed by atoms with Gasteiger partial charge in [0.25, 0.3) is 11.8 Å². The van der Waals surface area contributed by atoms with E-state index in [-0.39, 0.29) is 5.56 Å². The predicted molar refractivity (Wildman–Crippen MR) is 98.3 cm³/mol. The fraction of sp³-hybridized carbons (Fsp3) is 0.0476. The molecule has 0 bridgehead atoms. The highest BCUT2D eigenvalue weighted by Crippen LogP contribution is 2.29. The zero-order valence-corrected chi connectivity index (χ0v) is 14.5. The number of hydrogen-bond donors (Lipinski definition) is 2. The highest BCUT2D eigenvalue weighted by Gasteiger charge is 2.30. The van der Waals surface area contributed by atoms with Crippen LogP contribution in [0.3, 0.4) is 0 Å². The van der Waals surface area contributed by atoms with Crippen LogP contribution in [-0.2, 0) is 6.18 Å². The zero-order valence-electron chi connectivity index (χ0n) is 14.5. The molecular weight excluding hydrogens is 369 g/mol. The summed E-state index contributed by atoms with van der Waals surface area (Å²) in [5, 5.41) is 0. The summed E-state index contributed by atoms with van der Waals surface area (Å²) in [6.45, 7) is 0. The Hall–Kier alpha value is -3.61. The van der Waals surface area contributed by atoms with Gasteiger partial charge in [-0.2, -0.15) is 13.2 Å². The lowest BCUT2D eigenvalue weighted by Crippen LogP contribution is -2.41. The molecular formula is C21H15F3N2O2. The van der Waals surface area contributed by atoms with Crippen molar-refractivity contribution in [2.24, 2.45) is 0 Å². The van der Waals surface area contributed by atoms with Crippen molar-refractivity contribution in [2.45, 2.75) is 6.18 Å². The van der Waals surface area contributed by atoms with E-state index in [1.54, 1.807) is 24.3 Å². The minimum atomic E-state index is -4.56. The second kappa shape index (κ2) is 7.96. The van der Waals surface area contributed by atoms with Gasteiger partial charge in [-0.15, -0.1) is 0 Å². The summed E-state index contributed by atoms with van der Waals surface area (Å²) in [7, 11) is 0. The van der Waals surface area contributed by atoms with E-state index in [1.807, 2.05) is 30.3 Å². The monoisotopic (exact) mass is 384 g/mol. The minimum Gasteiger partial charge on any atom is -0.267 e. The molecule has 0 saturated heterocycles. The predicted octanol–water partition coefficient (Wildman–Crippen LogP) is 4.45. The summed E-state index contributed by atoms with van der Waals surface area (Å²) < 4.78 is 38.3. The van der Waals surface area contributed by atoms with Crippen LogP contribution >= 0.6 is 0 Å². The number of benzene rings is 3. The topological polar surface area (TPSA) is 58.2 Å². The third kappa shape index (κ3) is 4.37. The molecule has 0 atom stereocenters. The summed E-state index contributed by atoms with van der Waals surface area (Å²) in [5.41, 5.74) is 5.03. The molecule has 142 valence electrons. The quantitative estimate of drug-likeness (QED) is 0.656. The Morgan fingerprint density at radius 3 is 2.07 bits per heavy atom. The third-order valence-corrected chi connectivity index (χ3v) is 4.00. The minimum absolute atomic E-state index is 0.216. The molecule has 28 heavy (non-hydrogen) atoms. The Morgan fingerprint density at radius 2 is 1.36 bits per heavy atom. The molecule has 0 heterocycles. The molecule has 4 nitrogen and oxygen atoms in total. The van der Waals surface area contributed by atoms with Crippen LogP contribution in [0.15, 0.2) is 78.9 Å². The van der Waals surface area contributed by atoms with E-state index in [1.165, 1.54) is 6.07 Å². The van der Waals surface area contributed by atoms with Crippen molar-refractivity contribution in [3.63, 3.8) is 0 Å². The number of nitrogens with one attached hydrogen (secondary N) is 2. The molecule has 0 spiro atoms. The Labute approximate surface area is 159 Å². The van der Waals surface area contributed by atoms with Crippen molar-refractivity contribution < 1.29 is 22.8 Å². The third-order valence-electron chi connectivity index (χ3n) is 4.00. The molecule has 0 fully saturated rings. The van der Waals surface area contributed by atoms with Gasteiger partial charge in [0.15, 0.2) is 0 Å². The molecule has 0 aromatic heterocycles. The highest BCUT2D eigenvalue weighted by molar-refractivity contribution is 6.03. The Balaban J connectivity index is 1.74. The SMILES string of the molecule is O=C(NNC(=O)c1ccccc1-c1ccccc1)c1cccc(C(F)(F)F)c1. The van der Waals surface area contributed by atoms with Crippen molar-refractivity contribution in [3.8, 4) is 11.1 Å². The van der Waals surface area contributed by atoms with E-state index in [0.29, 0.717) is 11.1 Å². The Morgan fingerprint density at radius 1 is 0.714 bits per heavy atom. The number of carbonyl (C=O) groups excluding carboxylic acids is 2. The van der Waals surface area contributed by atoms with Crippen molar-refractivity contribution in [1.82, 2.24) is 10.9 Å². The summed E-state index contributed by atoms with van der Waals surface area (Å²) in [5.74, 6) is -1.43. The molecule has 0 aliphatic rings. The van der Waals surface area contributed by atoms with Crippen LogP contribution in [0, 0.1) is 0 Å². The van der Waals surface area contributed by atoms with E-state index in [0.717, 1.165) is 23.8 Å². The number of hydrogen-bond acceptors (Lipinski definition) is 2. The van der Waals surface area contributed by atoms with Crippen LogP contribution in [0.4, 0.5) is 13.2 Å². The largest absolute Gasteiger partial charge is 0.416 e. The van der Waals surface area contributed by atoms with Gasteiger partial charge < -0.3 is 0 Å². The second-order valence-corrected chi connectivity index (χ2v) is 5.90. The van der Waals surface area contributed by atoms with Gasteiger partial charge in [0.05, 0.1) is 5.56 Å². The van der Waals surface area contributed by atoms with Crippen LogP contribution in [0.5, 0.6) is 0 Å². The number of carbonyl (C=O) groups is 2. The van der Waals surface area contributed by atoms with E-state index in [2.05, 4.69) is 10.9 Å². The van der Waals surface area contributed by atoms with Crippen LogP contribution < -0.4 is 10.9 Å². The lowest BCUT2D eigenvalue weighted by Gasteiger charge is -2.12. The maximum absolute atomic E-state index is 12.8. The Bertz CT molecular complexity index is 1000. The fourth-order valence-corrected chi connectivity index (χ4v) is 2.64. The number of alkyl halides is 3. The van der Waals surface area contributed by atoms with E-state index < -0.39 is 23.6 Å². The molecule has 3 rings (SSSR count). The number of hydrazine groups is 1. The molecule has 3 aromatic rings. The van der Waals surface area contributed by atoms with Crippen molar-refractivity contribution in [1.29, 1.82) is 0 Å². The van der Waals surface area contributed by atoms with Crippen molar-refractivity contribution >= 4 is 11.8 Å². The van der Waals surface area contributed by atoms with Gasteiger partial charge in [0.1, 0.15) is 0 Å². The number of halogens is 3. The lowest BCUT2D eigenvalue weighted by atomic mass is 9.99. The van der Waals surface area contributed by atoms with Gasteiger partial charge in [-0.1, -0.05) is 54.6 Å². The van der Waals surface area contributed by atoms with Gasteiger partial charge in [-0.25, -0.2) is 0 Å². The standard InChI is InChI=1S/C21H15F3N2O2/c22-21(23,24)16-10-6-9-15(13-16)19(27)25-26-20(28)18-12-5-4-11-17(18)14-7-2-1-3-8-14/h1-13H,(H,25,27)(H,26,28). The molecule has 2 N–H and O–H groups in total. The van der Waals surface area contributed by atoms with Gasteiger partial charge >= 0.3 is 6.18 Å². The van der Waals surface area contributed by atoms with Gasteiger partial charge in [-0.3, -0.25) is 20.4 Å². The maximum Gasteiger partial charge on any atom is 0.416 e. The van der Waals surface area contributed by atoms with Gasteiger partial charge in [-0.05, 0) is 35.4 Å². The maximum atomic E-state index is 12.8. The van der Waals surface area contributed by atoms with E-state index in [4.69, 9.17) is 0 Å². The number of rotatable bonds is 3.